The van der Waals surface area contributed by atoms with E-state index < -0.39 is 0 Å². The average Bonchev–Trinajstić information content (AvgIpc) is 3.24. The Hall–Kier alpha value is -4.50. The van der Waals surface area contributed by atoms with Crippen LogP contribution in [0.3, 0.4) is 0 Å². The monoisotopic (exact) mass is 437 g/mol. The Bertz CT molecular complexity index is 1680. The zero-order chi connectivity index (χ0) is 23.1. The number of aromatic nitrogens is 2. The van der Waals surface area contributed by atoms with Gasteiger partial charge in [-0.3, -0.25) is 4.98 Å². The largest absolute Gasteiger partial charge is 0.309 e. The number of pyridine rings is 1. The predicted octanol–water partition coefficient (Wildman–Crippen LogP) is 7.90. The van der Waals surface area contributed by atoms with Gasteiger partial charge in [-0.2, -0.15) is 0 Å². The van der Waals surface area contributed by atoms with Gasteiger partial charge in [0.25, 0.3) is 0 Å². The third-order valence-corrected chi connectivity index (χ3v) is 6.37. The van der Waals surface area contributed by atoms with Crippen molar-refractivity contribution in [1.29, 1.82) is 5.41 Å². The quantitative estimate of drug-likeness (QED) is 0.280. The van der Waals surface area contributed by atoms with Crippen molar-refractivity contribution < 1.29 is 0 Å². The molecule has 0 atom stereocenters. The molecule has 2 aromatic heterocycles. The summed E-state index contributed by atoms with van der Waals surface area (Å²) in [6.45, 7) is 1.81. The smallest absolute Gasteiger partial charge is 0.0708 e. The minimum Gasteiger partial charge on any atom is -0.309 e. The molecule has 0 aliphatic carbocycles. The Kier molecular flexibility index (Phi) is 4.81. The summed E-state index contributed by atoms with van der Waals surface area (Å²) in [5, 5.41) is 10.5. The molecule has 2 heterocycles. The highest BCUT2D eigenvalue weighted by atomic mass is 15.0. The van der Waals surface area contributed by atoms with E-state index >= 15 is 0 Å². The van der Waals surface area contributed by atoms with Crippen LogP contribution in [-0.4, -0.2) is 15.3 Å². The maximum atomic E-state index is 8.00. The highest BCUT2D eigenvalue weighted by molar-refractivity contribution is 6.13. The molecule has 0 radical (unpaired) electrons. The van der Waals surface area contributed by atoms with Gasteiger partial charge in [0.2, 0.25) is 0 Å². The lowest BCUT2D eigenvalue weighted by Gasteiger charge is -2.12. The molecule has 6 aromatic rings. The second-order valence-corrected chi connectivity index (χ2v) is 8.53. The van der Waals surface area contributed by atoms with Gasteiger partial charge in [0, 0.05) is 39.5 Å². The maximum absolute atomic E-state index is 8.00. The Morgan fingerprint density at radius 1 is 0.706 bits per heavy atom. The van der Waals surface area contributed by atoms with Gasteiger partial charge in [-0.1, -0.05) is 72.8 Å². The molecule has 0 amide bonds. The SMILES string of the molecule is CC(=N)c1cccc(-c2cc(-c3cccc4c5ccccc5n(-c5ccccc5)c34)ccn2)c1. The molecule has 0 fully saturated rings. The standard InChI is InChI=1S/C31H23N3/c1-21(32)22-9-7-10-24(19-22)29-20-23(17-18-33-29)26-14-8-15-28-27-13-5-6-16-30(27)34(31(26)28)25-11-3-2-4-12-25/h2-20,32H,1H3. The number of para-hydroxylation sites is 3. The van der Waals surface area contributed by atoms with Crippen LogP contribution in [0.2, 0.25) is 0 Å². The molecular formula is C31H23N3. The average molecular weight is 438 g/mol. The first-order valence-corrected chi connectivity index (χ1v) is 11.4. The lowest BCUT2D eigenvalue weighted by molar-refractivity contribution is 1.18. The fourth-order valence-electron chi connectivity index (χ4n) is 4.76. The van der Waals surface area contributed by atoms with E-state index in [2.05, 4.69) is 101 Å². The fraction of sp³-hybridized carbons (Fsp3) is 0.0323. The van der Waals surface area contributed by atoms with E-state index in [1.54, 1.807) is 0 Å². The maximum Gasteiger partial charge on any atom is 0.0708 e. The van der Waals surface area contributed by atoms with Crippen LogP contribution >= 0.6 is 0 Å². The highest BCUT2D eigenvalue weighted by Gasteiger charge is 2.16. The zero-order valence-corrected chi connectivity index (χ0v) is 18.9. The molecule has 34 heavy (non-hydrogen) atoms. The molecule has 0 bridgehead atoms. The van der Waals surface area contributed by atoms with Crippen molar-refractivity contribution >= 4 is 27.5 Å². The molecule has 0 saturated heterocycles. The Labute approximate surface area is 198 Å². The second-order valence-electron chi connectivity index (χ2n) is 8.53. The van der Waals surface area contributed by atoms with Crippen LogP contribution in [0.5, 0.6) is 0 Å². The normalized spacial score (nSPS) is 11.2. The summed E-state index contributed by atoms with van der Waals surface area (Å²) >= 11 is 0. The first-order chi connectivity index (χ1) is 16.7. The molecular weight excluding hydrogens is 414 g/mol. The van der Waals surface area contributed by atoms with Crippen LogP contribution in [0.1, 0.15) is 12.5 Å². The van der Waals surface area contributed by atoms with Crippen LogP contribution in [0, 0.1) is 5.41 Å². The van der Waals surface area contributed by atoms with E-state index in [0.717, 1.165) is 28.1 Å². The van der Waals surface area contributed by atoms with Crippen molar-refractivity contribution in [2.24, 2.45) is 0 Å². The zero-order valence-electron chi connectivity index (χ0n) is 18.9. The third kappa shape index (κ3) is 3.30. The van der Waals surface area contributed by atoms with E-state index in [9.17, 15) is 0 Å². The number of fused-ring (bicyclic) bond motifs is 3. The lowest BCUT2D eigenvalue weighted by atomic mass is 9.99. The van der Waals surface area contributed by atoms with Crippen molar-refractivity contribution in [2.75, 3.05) is 0 Å². The molecule has 0 spiro atoms. The van der Waals surface area contributed by atoms with Gasteiger partial charge in [-0.05, 0) is 54.4 Å². The van der Waals surface area contributed by atoms with Gasteiger partial charge in [-0.25, -0.2) is 0 Å². The van der Waals surface area contributed by atoms with Crippen LogP contribution in [0.4, 0.5) is 0 Å². The van der Waals surface area contributed by atoms with E-state index in [4.69, 9.17) is 5.41 Å². The van der Waals surface area contributed by atoms with Gasteiger partial charge in [0.1, 0.15) is 0 Å². The number of nitrogens with zero attached hydrogens (tertiary/aromatic N) is 2. The summed E-state index contributed by atoms with van der Waals surface area (Å²) in [6.07, 6.45) is 1.88. The third-order valence-electron chi connectivity index (χ3n) is 6.37. The van der Waals surface area contributed by atoms with E-state index in [0.29, 0.717) is 5.71 Å². The Balaban J connectivity index is 1.62. The molecule has 0 saturated carbocycles. The number of hydrogen-bond donors (Lipinski definition) is 1. The summed E-state index contributed by atoms with van der Waals surface area (Å²) in [5.41, 5.74) is 9.20. The van der Waals surface area contributed by atoms with Gasteiger partial charge in [0.05, 0.1) is 16.7 Å². The summed E-state index contributed by atoms with van der Waals surface area (Å²) in [4.78, 5) is 4.66. The summed E-state index contributed by atoms with van der Waals surface area (Å²) in [7, 11) is 0. The molecule has 0 unspecified atom stereocenters. The van der Waals surface area contributed by atoms with E-state index in [-0.39, 0.29) is 0 Å². The molecule has 0 aliphatic rings. The fourth-order valence-corrected chi connectivity index (χ4v) is 4.76. The topological polar surface area (TPSA) is 41.7 Å². The van der Waals surface area contributed by atoms with Crippen molar-refractivity contribution in [1.82, 2.24) is 9.55 Å². The molecule has 3 nitrogen and oxygen atoms in total. The van der Waals surface area contributed by atoms with E-state index in [1.165, 1.54) is 27.4 Å². The van der Waals surface area contributed by atoms with Gasteiger partial charge in [0.15, 0.2) is 0 Å². The van der Waals surface area contributed by atoms with Crippen LogP contribution in [0.15, 0.2) is 115 Å². The Morgan fingerprint density at radius 2 is 1.47 bits per heavy atom. The summed E-state index contributed by atoms with van der Waals surface area (Å²) < 4.78 is 2.36. The first-order valence-electron chi connectivity index (χ1n) is 11.4. The molecule has 4 aromatic carbocycles. The van der Waals surface area contributed by atoms with Crippen molar-refractivity contribution in [3.05, 3.63) is 121 Å². The Morgan fingerprint density at radius 3 is 2.32 bits per heavy atom. The van der Waals surface area contributed by atoms with Gasteiger partial charge < -0.3 is 9.98 Å². The first kappa shape index (κ1) is 20.1. The minimum absolute atomic E-state index is 0.551. The number of nitrogens with one attached hydrogen (secondary N) is 1. The molecule has 3 heteroatoms. The predicted molar refractivity (Wildman–Crippen MR) is 142 cm³/mol. The van der Waals surface area contributed by atoms with Gasteiger partial charge >= 0.3 is 0 Å². The summed E-state index contributed by atoms with van der Waals surface area (Å²) in [5.74, 6) is 0. The van der Waals surface area contributed by atoms with Crippen LogP contribution < -0.4 is 0 Å². The van der Waals surface area contributed by atoms with Crippen molar-refractivity contribution in [2.45, 2.75) is 6.92 Å². The molecule has 6 rings (SSSR count). The lowest BCUT2D eigenvalue weighted by Crippen LogP contribution is -1.96. The number of benzene rings is 4. The number of rotatable bonds is 4. The van der Waals surface area contributed by atoms with Gasteiger partial charge in [-0.15, -0.1) is 0 Å². The second kappa shape index (κ2) is 8.13. The van der Waals surface area contributed by atoms with E-state index in [1.807, 2.05) is 31.3 Å². The highest BCUT2D eigenvalue weighted by Crippen LogP contribution is 2.38. The minimum atomic E-state index is 0.551. The van der Waals surface area contributed by atoms with Crippen molar-refractivity contribution in [3.8, 4) is 28.1 Å². The van der Waals surface area contributed by atoms with Crippen LogP contribution in [-0.2, 0) is 0 Å². The number of hydrogen-bond acceptors (Lipinski definition) is 2. The summed E-state index contributed by atoms with van der Waals surface area (Å²) in [6, 6.07) is 38.0. The molecule has 162 valence electrons. The van der Waals surface area contributed by atoms with Crippen molar-refractivity contribution in [3.63, 3.8) is 0 Å². The molecule has 1 N–H and O–H groups in total. The van der Waals surface area contributed by atoms with Crippen LogP contribution in [0.25, 0.3) is 49.9 Å². The molecule has 0 aliphatic heterocycles.